The average molecular weight is 318 g/mol. The highest BCUT2D eigenvalue weighted by molar-refractivity contribution is 6.30. The van der Waals surface area contributed by atoms with Crippen molar-refractivity contribution in [1.29, 1.82) is 0 Å². The van der Waals surface area contributed by atoms with E-state index < -0.39 is 0 Å². The highest BCUT2D eigenvalue weighted by Crippen LogP contribution is 2.27. The van der Waals surface area contributed by atoms with Crippen molar-refractivity contribution in [2.75, 3.05) is 6.61 Å². The first kappa shape index (κ1) is 14.8. The van der Waals surface area contributed by atoms with Gasteiger partial charge in [0.2, 0.25) is 0 Å². The fourth-order valence-corrected chi connectivity index (χ4v) is 2.83. The number of aliphatic hydroxyl groups excluding tert-OH is 1. The van der Waals surface area contributed by atoms with Gasteiger partial charge in [-0.2, -0.15) is 9.61 Å². The van der Waals surface area contributed by atoms with Crippen LogP contribution < -0.4 is 5.56 Å². The molecule has 0 atom stereocenters. The lowest BCUT2D eigenvalue weighted by Gasteiger charge is -2.06. The van der Waals surface area contributed by atoms with Crippen LogP contribution in [0.5, 0.6) is 0 Å². The van der Waals surface area contributed by atoms with E-state index in [4.69, 9.17) is 16.7 Å². The van der Waals surface area contributed by atoms with E-state index in [0.29, 0.717) is 22.7 Å². The first-order chi connectivity index (χ1) is 10.5. The zero-order valence-electron chi connectivity index (χ0n) is 12.4. The number of nitrogens with zero attached hydrogens (tertiary/aromatic N) is 2. The molecule has 0 aliphatic heterocycles. The first-order valence-corrected chi connectivity index (χ1v) is 7.38. The smallest absolute Gasteiger partial charge is 0.277 e. The maximum atomic E-state index is 12.5. The zero-order chi connectivity index (χ0) is 15.9. The van der Waals surface area contributed by atoms with Gasteiger partial charge in [0.1, 0.15) is 5.65 Å². The summed E-state index contributed by atoms with van der Waals surface area (Å²) < 4.78 is 1.37. The van der Waals surface area contributed by atoms with Crippen molar-refractivity contribution >= 4 is 17.2 Å². The third-order valence-corrected chi connectivity index (χ3v) is 4.02. The maximum absolute atomic E-state index is 12.5. The minimum absolute atomic E-state index is 0.0697. The van der Waals surface area contributed by atoms with Crippen molar-refractivity contribution in [1.82, 2.24) is 14.6 Å². The predicted molar refractivity (Wildman–Crippen MR) is 86.5 cm³/mol. The summed E-state index contributed by atoms with van der Waals surface area (Å²) in [4.78, 5) is 15.8. The van der Waals surface area contributed by atoms with E-state index in [1.54, 1.807) is 0 Å². The highest BCUT2D eigenvalue weighted by atomic mass is 35.5. The summed E-state index contributed by atoms with van der Waals surface area (Å²) in [5.41, 5.74) is 4.36. The summed E-state index contributed by atoms with van der Waals surface area (Å²) in [5.74, 6) is 0. The molecule has 3 aromatic rings. The average Bonchev–Trinajstić information content (AvgIpc) is 2.81. The van der Waals surface area contributed by atoms with Crippen molar-refractivity contribution in [2.24, 2.45) is 0 Å². The quantitative estimate of drug-likeness (QED) is 0.779. The fourth-order valence-electron chi connectivity index (χ4n) is 2.70. The predicted octanol–water partition coefficient (Wildman–Crippen LogP) is 2.49. The molecule has 2 N–H and O–H groups in total. The molecular weight excluding hydrogens is 302 g/mol. The Kier molecular flexibility index (Phi) is 3.76. The second kappa shape index (κ2) is 5.59. The molecule has 0 amide bonds. The molecule has 3 rings (SSSR count). The summed E-state index contributed by atoms with van der Waals surface area (Å²) in [5, 5.41) is 14.1. The number of benzene rings is 1. The molecule has 0 bridgehead atoms. The molecule has 0 saturated carbocycles. The number of H-pyrrole nitrogens is 1. The van der Waals surface area contributed by atoms with Gasteiger partial charge in [-0.25, -0.2) is 0 Å². The molecule has 0 aliphatic rings. The monoisotopic (exact) mass is 317 g/mol. The number of aryl methyl sites for hydroxylation is 2. The second-order valence-corrected chi connectivity index (χ2v) is 5.67. The number of nitrogens with one attached hydrogen (secondary N) is 1. The van der Waals surface area contributed by atoms with Crippen LogP contribution in [0.15, 0.2) is 29.1 Å². The number of aromatic nitrogens is 3. The van der Waals surface area contributed by atoms with Gasteiger partial charge in [-0.3, -0.25) is 4.79 Å². The molecule has 6 heteroatoms. The number of aromatic amines is 1. The molecule has 0 saturated heterocycles. The highest BCUT2D eigenvalue weighted by Gasteiger charge is 2.17. The van der Waals surface area contributed by atoms with E-state index in [9.17, 15) is 4.79 Å². The molecule has 22 heavy (non-hydrogen) atoms. The van der Waals surface area contributed by atoms with Crippen LogP contribution in [0, 0.1) is 13.8 Å². The van der Waals surface area contributed by atoms with Crippen LogP contribution in [-0.2, 0) is 6.42 Å². The summed E-state index contributed by atoms with van der Waals surface area (Å²) in [6, 6.07) is 7.43. The van der Waals surface area contributed by atoms with Gasteiger partial charge in [-0.1, -0.05) is 23.7 Å². The molecule has 0 spiro atoms. The third kappa shape index (κ3) is 2.32. The summed E-state index contributed by atoms with van der Waals surface area (Å²) in [7, 11) is 0. The lowest BCUT2D eigenvalue weighted by atomic mass is 10.1. The van der Waals surface area contributed by atoms with Gasteiger partial charge in [-0.15, -0.1) is 0 Å². The lowest BCUT2D eigenvalue weighted by molar-refractivity contribution is 0.298. The van der Waals surface area contributed by atoms with Gasteiger partial charge < -0.3 is 10.1 Å². The van der Waals surface area contributed by atoms with Crippen molar-refractivity contribution in [3.05, 3.63) is 56.6 Å². The summed E-state index contributed by atoms with van der Waals surface area (Å²) in [6.07, 6.45) is 0.312. The molecule has 2 aromatic heterocycles. The van der Waals surface area contributed by atoms with Crippen LogP contribution in [0.4, 0.5) is 0 Å². The largest absolute Gasteiger partial charge is 0.396 e. The Bertz CT molecular complexity index is 894. The van der Waals surface area contributed by atoms with Gasteiger partial charge in [0.25, 0.3) is 5.56 Å². The number of hydrogen-bond acceptors (Lipinski definition) is 3. The van der Waals surface area contributed by atoms with E-state index in [0.717, 1.165) is 22.5 Å². The molecule has 0 aliphatic carbocycles. The molecule has 1 aromatic carbocycles. The van der Waals surface area contributed by atoms with E-state index in [1.807, 2.05) is 38.1 Å². The molecule has 0 unspecified atom stereocenters. The molecule has 0 radical (unpaired) electrons. The van der Waals surface area contributed by atoms with Gasteiger partial charge in [0, 0.05) is 34.9 Å². The van der Waals surface area contributed by atoms with Gasteiger partial charge in [0.05, 0.1) is 5.69 Å². The Balaban J connectivity index is 2.31. The summed E-state index contributed by atoms with van der Waals surface area (Å²) >= 11 is 5.93. The molecule has 0 fully saturated rings. The Labute approximate surface area is 132 Å². The molecule has 2 heterocycles. The van der Waals surface area contributed by atoms with Gasteiger partial charge in [-0.05, 0) is 31.5 Å². The van der Waals surface area contributed by atoms with Crippen LogP contribution in [0.1, 0.15) is 17.0 Å². The van der Waals surface area contributed by atoms with E-state index >= 15 is 0 Å². The molecule has 5 nitrogen and oxygen atoms in total. The van der Waals surface area contributed by atoms with Crippen molar-refractivity contribution in [2.45, 2.75) is 20.3 Å². The van der Waals surface area contributed by atoms with E-state index in [1.165, 1.54) is 4.52 Å². The van der Waals surface area contributed by atoms with Crippen LogP contribution in [0.25, 0.3) is 16.8 Å². The van der Waals surface area contributed by atoms with Gasteiger partial charge in [0.15, 0.2) is 0 Å². The SMILES string of the molecule is Cc1nn2c(=O)c(CCO)c(C)[nH]c2c1-c1ccc(Cl)cc1. The Morgan fingerprint density at radius 3 is 2.59 bits per heavy atom. The van der Waals surface area contributed by atoms with Crippen LogP contribution in [0.3, 0.4) is 0 Å². The lowest BCUT2D eigenvalue weighted by Crippen LogP contribution is -2.22. The Morgan fingerprint density at radius 2 is 1.95 bits per heavy atom. The number of rotatable bonds is 3. The standard InChI is InChI=1S/C16H16ClN3O2/c1-9-13(7-8-21)16(22)20-15(18-9)14(10(2)19-20)11-3-5-12(17)6-4-11/h3-6,18,21H,7-8H2,1-2H3. The number of aliphatic hydroxyl groups is 1. The first-order valence-electron chi connectivity index (χ1n) is 7.01. The van der Waals surface area contributed by atoms with Crippen LogP contribution in [-0.4, -0.2) is 26.3 Å². The molecular formula is C16H16ClN3O2. The third-order valence-electron chi connectivity index (χ3n) is 3.76. The number of halogens is 1. The summed E-state index contributed by atoms with van der Waals surface area (Å²) in [6.45, 7) is 3.63. The van der Waals surface area contributed by atoms with Crippen molar-refractivity contribution < 1.29 is 5.11 Å². The fraction of sp³-hybridized carbons (Fsp3) is 0.250. The van der Waals surface area contributed by atoms with Crippen LogP contribution in [0.2, 0.25) is 5.02 Å². The maximum Gasteiger partial charge on any atom is 0.277 e. The normalized spacial score (nSPS) is 11.3. The van der Waals surface area contributed by atoms with Crippen molar-refractivity contribution in [3.63, 3.8) is 0 Å². The zero-order valence-corrected chi connectivity index (χ0v) is 13.1. The minimum atomic E-state index is -0.191. The van der Waals surface area contributed by atoms with Gasteiger partial charge >= 0.3 is 0 Å². The van der Waals surface area contributed by atoms with E-state index in [2.05, 4.69) is 10.1 Å². The second-order valence-electron chi connectivity index (χ2n) is 5.24. The Hall–Kier alpha value is -2.11. The Morgan fingerprint density at radius 1 is 1.27 bits per heavy atom. The van der Waals surface area contributed by atoms with Crippen LogP contribution >= 0.6 is 11.6 Å². The molecule has 114 valence electrons. The van der Waals surface area contributed by atoms with E-state index in [-0.39, 0.29) is 12.2 Å². The topological polar surface area (TPSA) is 70.4 Å². The van der Waals surface area contributed by atoms with Crippen molar-refractivity contribution in [3.8, 4) is 11.1 Å². The minimum Gasteiger partial charge on any atom is -0.396 e. The number of hydrogen-bond donors (Lipinski definition) is 2. The number of fused-ring (bicyclic) bond motifs is 1.